The van der Waals surface area contributed by atoms with E-state index in [1.807, 2.05) is 11.4 Å². The Morgan fingerprint density at radius 2 is 1.90 bits per heavy atom. The first-order valence-electron chi connectivity index (χ1n) is 6.57. The summed E-state index contributed by atoms with van der Waals surface area (Å²) < 4.78 is 6.00. The summed E-state index contributed by atoms with van der Waals surface area (Å²) in [6.07, 6.45) is 0. The predicted molar refractivity (Wildman–Crippen MR) is 85.2 cm³/mol. The van der Waals surface area contributed by atoms with E-state index >= 15 is 0 Å². The number of ether oxygens (including phenoxy) is 1. The summed E-state index contributed by atoms with van der Waals surface area (Å²) in [5.74, 6) is 6.95. The molecule has 0 amide bonds. The Kier molecular flexibility index (Phi) is 4.84. The average molecular weight is 285 g/mol. The molecule has 1 aromatic heterocycles. The van der Waals surface area contributed by atoms with Gasteiger partial charge in [-0.25, -0.2) is 0 Å². The molecule has 2 nitrogen and oxygen atoms in total. The van der Waals surface area contributed by atoms with Crippen molar-refractivity contribution in [2.45, 2.75) is 27.4 Å². The first-order valence-corrected chi connectivity index (χ1v) is 7.45. The molecule has 0 radical (unpaired) electrons. The quantitative estimate of drug-likeness (QED) is 0.875. The average Bonchev–Trinajstić information content (AvgIpc) is 2.82. The van der Waals surface area contributed by atoms with Gasteiger partial charge in [0.1, 0.15) is 12.4 Å². The lowest BCUT2D eigenvalue weighted by Gasteiger charge is -2.12. The standard InChI is InChI=1S/C17H19NOS/c1-12-9-13(2)17(14(3)10-12)19-11-16-15(5-4-7-18)6-8-20-16/h6,8-10H,7,11,18H2,1-3H3. The van der Waals surface area contributed by atoms with Crippen LogP contribution in [0.1, 0.15) is 27.1 Å². The van der Waals surface area contributed by atoms with E-state index in [-0.39, 0.29) is 0 Å². The molecular formula is C17H19NOS. The highest BCUT2D eigenvalue weighted by Crippen LogP contribution is 2.26. The molecule has 0 saturated heterocycles. The summed E-state index contributed by atoms with van der Waals surface area (Å²) in [6.45, 7) is 7.20. The molecule has 0 aliphatic heterocycles. The Labute approximate surface area is 124 Å². The maximum Gasteiger partial charge on any atom is 0.125 e. The van der Waals surface area contributed by atoms with Crippen LogP contribution in [0.4, 0.5) is 0 Å². The van der Waals surface area contributed by atoms with E-state index in [0.717, 1.165) is 16.2 Å². The SMILES string of the molecule is Cc1cc(C)c(OCc2sccc2C#CCN)c(C)c1. The second-order valence-electron chi connectivity index (χ2n) is 4.78. The topological polar surface area (TPSA) is 35.2 Å². The van der Waals surface area contributed by atoms with Gasteiger partial charge in [-0.15, -0.1) is 11.3 Å². The minimum atomic E-state index is 0.381. The fourth-order valence-electron chi connectivity index (χ4n) is 2.24. The number of aryl methyl sites for hydroxylation is 3. The zero-order valence-corrected chi connectivity index (χ0v) is 12.9. The van der Waals surface area contributed by atoms with Crippen LogP contribution in [0, 0.1) is 32.6 Å². The van der Waals surface area contributed by atoms with Gasteiger partial charge in [-0.2, -0.15) is 0 Å². The molecule has 0 unspecified atom stereocenters. The molecule has 0 atom stereocenters. The van der Waals surface area contributed by atoms with Crippen LogP contribution in [-0.4, -0.2) is 6.54 Å². The smallest absolute Gasteiger partial charge is 0.125 e. The van der Waals surface area contributed by atoms with E-state index in [9.17, 15) is 0 Å². The molecule has 0 fully saturated rings. The zero-order valence-electron chi connectivity index (χ0n) is 12.1. The van der Waals surface area contributed by atoms with E-state index in [1.165, 1.54) is 16.7 Å². The van der Waals surface area contributed by atoms with Gasteiger partial charge in [0.15, 0.2) is 0 Å². The van der Waals surface area contributed by atoms with E-state index in [4.69, 9.17) is 10.5 Å². The van der Waals surface area contributed by atoms with Crippen molar-refractivity contribution in [2.24, 2.45) is 5.73 Å². The van der Waals surface area contributed by atoms with Crippen LogP contribution >= 0.6 is 11.3 Å². The van der Waals surface area contributed by atoms with Gasteiger partial charge in [0.05, 0.1) is 11.4 Å². The van der Waals surface area contributed by atoms with Crippen LogP contribution in [0.3, 0.4) is 0 Å². The maximum atomic E-state index is 6.00. The number of benzene rings is 1. The molecule has 20 heavy (non-hydrogen) atoms. The summed E-state index contributed by atoms with van der Waals surface area (Å²) in [5, 5.41) is 2.04. The van der Waals surface area contributed by atoms with Crippen LogP contribution in [0.5, 0.6) is 5.75 Å². The number of hydrogen-bond acceptors (Lipinski definition) is 3. The third-order valence-electron chi connectivity index (χ3n) is 3.02. The normalized spacial score (nSPS) is 10.0. The van der Waals surface area contributed by atoms with Crippen molar-refractivity contribution in [3.8, 4) is 17.6 Å². The van der Waals surface area contributed by atoms with Gasteiger partial charge >= 0.3 is 0 Å². The predicted octanol–water partition coefficient (Wildman–Crippen LogP) is 3.56. The second-order valence-corrected chi connectivity index (χ2v) is 5.78. The zero-order chi connectivity index (χ0) is 14.5. The summed E-state index contributed by atoms with van der Waals surface area (Å²) in [7, 11) is 0. The number of nitrogens with two attached hydrogens (primary N) is 1. The molecule has 2 N–H and O–H groups in total. The van der Waals surface area contributed by atoms with Crippen molar-refractivity contribution in [1.29, 1.82) is 0 Å². The first kappa shape index (κ1) is 14.6. The molecule has 1 heterocycles. The van der Waals surface area contributed by atoms with Crippen LogP contribution in [0.15, 0.2) is 23.6 Å². The summed E-state index contributed by atoms with van der Waals surface area (Å²) in [5.41, 5.74) is 10.0. The van der Waals surface area contributed by atoms with Crippen molar-refractivity contribution < 1.29 is 4.74 Å². The molecule has 2 aromatic rings. The van der Waals surface area contributed by atoms with E-state index in [0.29, 0.717) is 13.2 Å². The van der Waals surface area contributed by atoms with Gasteiger partial charge in [-0.05, 0) is 43.3 Å². The number of thiophene rings is 1. The van der Waals surface area contributed by atoms with Crippen LogP contribution in [0.25, 0.3) is 0 Å². The van der Waals surface area contributed by atoms with Gasteiger partial charge < -0.3 is 10.5 Å². The lowest BCUT2D eigenvalue weighted by atomic mass is 10.1. The number of rotatable bonds is 3. The third kappa shape index (κ3) is 3.41. The lowest BCUT2D eigenvalue weighted by Crippen LogP contribution is -1.99. The fourth-order valence-corrected chi connectivity index (χ4v) is 2.98. The van der Waals surface area contributed by atoms with Gasteiger partial charge in [0.2, 0.25) is 0 Å². The molecule has 0 spiro atoms. The van der Waals surface area contributed by atoms with Gasteiger partial charge in [-0.3, -0.25) is 0 Å². The minimum absolute atomic E-state index is 0.381. The Bertz CT molecular complexity index is 638. The van der Waals surface area contributed by atoms with Gasteiger partial charge in [0.25, 0.3) is 0 Å². The highest BCUT2D eigenvalue weighted by molar-refractivity contribution is 7.10. The Morgan fingerprint density at radius 1 is 1.20 bits per heavy atom. The molecule has 1 aromatic carbocycles. The summed E-state index contributed by atoms with van der Waals surface area (Å²) in [4.78, 5) is 1.14. The molecule has 104 valence electrons. The first-order chi connectivity index (χ1) is 9.61. The van der Waals surface area contributed by atoms with Crippen LogP contribution in [0.2, 0.25) is 0 Å². The number of hydrogen-bond donors (Lipinski definition) is 1. The molecule has 2 rings (SSSR count). The third-order valence-corrected chi connectivity index (χ3v) is 3.92. The van der Waals surface area contributed by atoms with Crippen LogP contribution < -0.4 is 10.5 Å². The molecular weight excluding hydrogens is 266 g/mol. The van der Waals surface area contributed by atoms with Gasteiger partial charge in [0, 0.05) is 5.56 Å². The van der Waals surface area contributed by atoms with E-state index in [2.05, 4.69) is 44.7 Å². The highest BCUT2D eigenvalue weighted by Gasteiger charge is 2.08. The Hall–Kier alpha value is -1.76. The molecule has 0 aliphatic carbocycles. The summed E-state index contributed by atoms with van der Waals surface area (Å²) in [6, 6.07) is 6.30. The largest absolute Gasteiger partial charge is 0.487 e. The van der Waals surface area contributed by atoms with E-state index in [1.54, 1.807) is 11.3 Å². The van der Waals surface area contributed by atoms with Crippen molar-refractivity contribution in [3.63, 3.8) is 0 Å². The van der Waals surface area contributed by atoms with Crippen molar-refractivity contribution in [2.75, 3.05) is 6.54 Å². The molecule has 0 aliphatic rings. The molecule has 3 heteroatoms. The molecule has 0 bridgehead atoms. The highest BCUT2D eigenvalue weighted by atomic mass is 32.1. The Balaban J connectivity index is 2.16. The monoisotopic (exact) mass is 285 g/mol. The van der Waals surface area contributed by atoms with Crippen LogP contribution in [-0.2, 0) is 6.61 Å². The lowest BCUT2D eigenvalue weighted by molar-refractivity contribution is 0.305. The van der Waals surface area contributed by atoms with E-state index < -0.39 is 0 Å². The van der Waals surface area contributed by atoms with Crippen molar-refractivity contribution >= 4 is 11.3 Å². The van der Waals surface area contributed by atoms with Crippen molar-refractivity contribution in [3.05, 3.63) is 50.7 Å². The van der Waals surface area contributed by atoms with Gasteiger partial charge in [-0.1, -0.05) is 29.5 Å². The maximum absolute atomic E-state index is 6.00. The van der Waals surface area contributed by atoms with Crippen molar-refractivity contribution in [1.82, 2.24) is 0 Å². The Morgan fingerprint density at radius 3 is 2.55 bits per heavy atom. The minimum Gasteiger partial charge on any atom is -0.487 e. The second kappa shape index (κ2) is 6.60. The summed E-state index contributed by atoms with van der Waals surface area (Å²) >= 11 is 1.67. The fraction of sp³-hybridized carbons (Fsp3) is 0.294. The molecule has 0 saturated carbocycles.